The highest BCUT2D eigenvalue weighted by Crippen LogP contribution is 2.21. The number of halogens is 1. The molecule has 1 amide bonds. The molecule has 5 nitrogen and oxygen atoms in total. The number of carbonyl (C=O) groups excluding carboxylic acids is 1. The van der Waals surface area contributed by atoms with Gasteiger partial charge in [0.25, 0.3) is 5.69 Å². The normalized spacial score (nSPS) is 11.9. The second kappa shape index (κ2) is 5.07. The second-order valence-corrected chi connectivity index (χ2v) is 4.74. The molecule has 1 atom stereocenters. The molecule has 1 aromatic rings. The van der Waals surface area contributed by atoms with Crippen LogP contribution in [0.3, 0.4) is 0 Å². The molecular formula is C10H11BrN2O3. The third-order valence-corrected chi connectivity index (χ3v) is 2.46. The van der Waals surface area contributed by atoms with Crippen LogP contribution in [0.25, 0.3) is 0 Å². The first-order valence-corrected chi connectivity index (χ1v) is 5.53. The van der Waals surface area contributed by atoms with Crippen LogP contribution in [-0.4, -0.2) is 15.7 Å². The van der Waals surface area contributed by atoms with E-state index in [9.17, 15) is 14.9 Å². The third-order valence-electron chi connectivity index (χ3n) is 2.04. The molecule has 6 heteroatoms. The van der Waals surface area contributed by atoms with Crippen molar-refractivity contribution in [1.82, 2.24) is 0 Å². The Hall–Kier alpha value is -1.43. The first-order valence-electron chi connectivity index (χ1n) is 4.62. The van der Waals surface area contributed by atoms with E-state index in [1.54, 1.807) is 13.8 Å². The van der Waals surface area contributed by atoms with Gasteiger partial charge >= 0.3 is 0 Å². The Labute approximate surface area is 101 Å². The number of nitrogens with zero attached hydrogens (tertiary/aromatic N) is 1. The van der Waals surface area contributed by atoms with Gasteiger partial charge in [-0.15, -0.1) is 0 Å². The predicted molar refractivity (Wildman–Crippen MR) is 64.9 cm³/mol. The molecule has 0 fully saturated rings. The number of benzene rings is 1. The highest BCUT2D eigenvalue weighted by atomic mass is 79.9. The molecule has 1 aromatic carbocycles. The lowest BCUT2D eigenvalue weighted by molar-refractivity contribution is -0.384. The van der Waals surface area contributed by atoms with E-state index in [2.05, 4.69) is 21.2 Å². The molecular weight excluding hydrogens is 276 g/mol. The van der Waals surface area contributed by atoms with Crippen molar-refractivity contribution in [3.63, 3.8) is 0 Å². The highest BCUT2D eigenvalue weighted by molar-refractivity contribution is 9.10. The van der Waals surface area contributed by atoms with Crippen LogP contribution in [-0.2, 0) is 4.79 Å². The first-order chi connectivity index (χ1) is 7.41. The molecule has 1 N–H and O–H groups in total. The smallest absolute Gasteiger partial charge is 0.269 e. The van der Waals surface area contributed by atoms with E-state index in [4.69, 9.17) is 0 Å². The van der Waals surface area contributed by atoms with Gasteiger partial charge in [-0.05, 0) is 25.5 Å². The Balaban J connectivity index is 2.91. The molecule has 16 heavy (non-hydrogen) atoms. The Kier molecular flexibility index (Phi) is 4.00. The number of alkyl halides is 1. The molecule has 86 valence electrons. The molecule has 0 spiro atoms. The molecule has 1 rings (SSSR count). The monoisotopic (exact) mass is 286 g/mol. The Morgan fingerprint density at radius 3 is 2.62 bits per heavy atom. The van der Waals surface area contributed by atoms with Crippen molar-refractivity contribution in [3.8, 4) is 0 Å². The van der Waals surface area contributed by atoms with Crippen LogP contribution in [0, 0.1) is 17.0 Å². The number of aryl methyl sites for hydroxylation is 1. The van der Waals surface area contributed by atoms with Gasteiger partial charge in [-0.2, -0.15) is 0 Å². The maximum absolute atomic E-state index is 11.4. The SMILES string of the molecule is Cc1cc([N+](=O)[O-])ccc1NC(=O)C(C)Br. The van der Waals surface area contributed by atoms with Crippen molar-refractivity contribution >= 4 is 33.2 Å². The summed E-state index contributed by atoms with van der Waals surface area (Å²) in [4.78, 5) is 21.1. The van der Waals surface area contributed by atoms with Crippen LogP contribution >= 0.6 is 15.9 Å². The van der Waals surface area contributed by atoms with Crippen molar-refractivity contribution in [2.45, 2.75) is 18.7 Å². The van der Waals surface area contributed by atoms with Gasteiger partial charge < -0.3 is 5.32 Å². The number of amides is 1. The number of non-ortho nitro benzene ring substituents is 1. The van der Waals surface area contributed by atoms with E-state index < -0.39 is 4.92 Å². The highest BCUT2D eigenvalue weighted by Gasteiger charge is 2.12. The van der Waals surface area contributed by atoms with Crippen molar-refractivity contribution in [3.05, 3.63) is 33.9 Å². The summed E-state index contributed by atoms with van der Waals surface area (Å²) in [5, 5.41) is 13.2. The summed E-state index contributed by atoms with van der Waals surface area (Å²) in [6.07, 6.45) is 0. The van der Waals surface area contributed by atoms with Gasteiger partial charge in [-0.25, -0.2) is 0 Å². The lowest BCUT2D eigenvalue weighted by atomic mass is 10.2. The largest absolute Gasteiger partial charge is 0.325 e. The van der Waals surface area contributed by atoms with Crippen LogP contribution < -0.4 is 5.32 Å². The number of carbonyl (C=O) groups is 1. The quantitative estimate of drug-likeness (QED) is 0.527. The molecule has 0 aliphatic carbocycles. The summed E-state index contributed by atoms with van der Waals surface area (Å²) in [7, 11) is 0. The van der Waals surface area contributed by atoms with Crippen molar-refractivity contribution in [2.24, 2.45) is 0 Å². The molecule has 0 bridgehead atoms. The number of nitro benzene ring substituents is 1. The average molecular weight is 287 g/mol. The summed E-state index contributed by atoms with van der Waals surface area (Å²) in [5.74, 6) is -0.183. The number of anilines is 1. The van der Waals surface area contributed by atoms with Crippen LogP contribution in [0.15, 0.2) is 18.2 Å². The summed E-state index contributed by atoms with van der Waals surface area (Å²) in [5.41, 5.74) is 1.26. The molecule has 0 saturated heterocycles. The molecule has 1 unspecified atom stereocenters. The molecule has 0 aromatic heterocycles. The Morgan fingerprint density at radius 2 is 2.19 bits per heavy atom. The van der Waals surface area contributed by atoms with E-state index in [-0.39, 0.29) is 16.4 Å². The summed E-state index contributed by atoms with van der Waals surface area (Å²) in [6, 6.07) is 4.32. The topological polar surface area (TPSA) is 72.2 Å². The molecule has 0 radical (unpaired) electrons. The minimum absolute atomic E-state index is 0.0161. The molecule has 0 aliphatic heterocycles. The standard InChI is InChI=1S/C10H11BrN2O3/c1-6-5-8(13(15)16)3-4-9(6)12-10(14)7(2)11/h3-5,7H,1-2H3,(H,12,14). The summed E-state index contributed by atoms with van der Waals surface area (Å²) >= 11 is 3.14. The van der Waals surface area contributed by atoms with Gasteiger partial charge in [-0.1, -0.05) is 15.9 Å². The van der Waals surface area contributed by atoms with E-state index in [1.165, 1.54) is 18.2 Å². The van der Waals surface area contributed by atoms with E-state index >= 15 is 0 Å². The number of hydrogen-bond acceptors (Lipinski definition) is 3. The predicted octanol–water partition coefficient (Wildman–Crippen LogP) is 2.63. The maximum atomic E-state index is 11.4. The minimum atomic E-state index is -0.467. The van der Waals surface area contributed by atoms with Gasteiger partial charge in [-0.3, -0.25) is 14.9 Å². The summed E-state index contributed by atoms with van der Waals surface area (Å²) < 4.78 is 0. The van der Waals surface area contributed by atoms with Gasteiger partial charge in [0.1, 0.15) is 0 Å². The maximum Gasteiger partial charge on any atom is 0.269 e. The zero-order chi connectivity index (χ0) is 12.3. The van der Waals surface area contributed by atoms with Crippen LogP contribution in [0.2, 0.25) is 0 Å². The Morgan fingerprint density at radius 1 is 1.56 bits per heavy atom. The second-order valence-electron chi connectivity index (χ2n) is 3.36. The lowest BCUT2D eigenvalue weighted by Crippen LogP contribution is -2.20. The third kappa shape index (κ3) is 3.03. The van der Waals surface area contributed by atoms with Crippen LogP contribution in [0.4, 0.5) is 11.4 Å². The van der Waals surface area contributed by atoms with Crippen LogP contribution in [0.5, 0.6) is 0 Å². The fraction of sp³-hybridized carbons (Fsp3) is 0.300. The zero-order valence-corrected chi connectivity index (χ0v) is 10.4. The number of hydrogen-bond donors (Lipinski definition) is 1. The van der Waals surface area contributed by atoms with Gasteiger partial charge in [0, 0.05) is 17.8 Å². The number of nitro groups is 1. The van der Waals surface area contributed by atoms with Crippen molar-refractivity contribution < 1.29 is 9.72 Å². The lowest BCUT2D eigenvalue weighted by Gasteiger charge is -2.09. The summed E-state index contributed by atoms with van der Waals surface area (Å²) in [6.45, 7) is 3.41. The number of rotatable bonds is 3. The van der Waals surface area contributed by atoms with Crippen LogP contribution in [0.1, 0.15) is 12.5 Å². The fourth-order valence-electron chi connectivity index (χ4n) is 1.13. The fourth-order valence-corrected chi connectivity index (χ4v) is 1.25. The first kappa shape index (κ1) is 12.6. The van der Waals surface area contributed by atoms with E-state index in [1.807, 2.05) is 0 Å². The molecule has 0 heterocycles. The minimum Gasteiger partial charge on any atom is -0.325 e. The van der Waals surface area contributed by atoms with Crippen molar-refractivity contribution in [1.29, 1.82) is 0 Å². The van der Waals surface area contributed by atoms with E-state index in [0.717, 1.165) is 0 Å². The van der Waals surface area contributed by atoms with E-state index in [0.29, 0.717) is 11.3 Å². The van der Waals surface area contributed by atoms with Gasteiger partial charge in [0.15, 0.2) is 0 Å². The van der Waals surface area contributed by atoms with Gasteiger partial charge in [0.05, 0.1) is 9.75 Å². The average Bonchev–Trinajstić information content (AvgIpc) is 2.20. The Bertz CT molecular complexity index is 432. The zero-order valence-electron chi connectivity index (χ0n) is 8.86. The van der Waals surface area contributed by atoms with Gasteiger partial charge in [0.2, 0.25) is 5.91 Å². The molecule has 0 aliphatic rings. The molecule has 0 saturated carbocycles. The number of nitrogens with one attached hydrogen (secondary N) is 1. The van der Waals surface area contributed by atoms with Crippen molar-refractivity contribution in [2.75, 3.05) is 5.32 Å².